The monoisotopic (exact) mass is 414 g/mol. The SMILES string of the molecule is O=c1c(-c2ccc(Br)cc2)coc2c(C[NH+]3CCCCC3)c(O)ccc12. The van der Waals surface area contributed by atoms with Gasteiger partial charge in [0.15, 0.2) is 0 Å². The van der Waals surface area contributed by atoms with Gasteiger partial charge in [-0.3, -0.25) is 4.79 Å². The summed E-state index contributed by atoms with van der Waals surface area (Å²) < 4.78 is 6.84. The average molecular weight is 415 g/mol. The van der Waals surface area contributed by atoms with E-state index in [1.54, 1.807) is 12.1 Å². The highest BCUT2D eigenvalue weighted by molar-refractivity contribution is 9.10. The van der Waals surface area contributed by atoms with Crippen molar-refractivity contribution in [2.45, 2.75) is 25.8 Å². The van der Waals surface area contributed by atoms with Crippen molar-refractivity contribution in [2.24, 2.45) is 0 Å². The molecule has 1 aliphatic rings. The molecule has 2 heterocycles. The summed E-state index contributed by atoms with van der Waals surface area (Å²) >= 11 is 3.41. The Morgan fingerprint density at radius 3 is 2.50 bits per heavy atom. The third-order valence-electron chi connectivity index (χ3n) is 5.16. The van der Waals surface area contributed by atoms with Crippen LogP contribution in [0, 0.1) is 0 Å². The van der Waals surface area contributed by atoms with Crippen LogP contribution >= 0.6 is 15.9 Å². The molecule has 3 aromatic rings. The van der Waals surface area contributed by atoms with Crippen molar-refractivity contribution >= 4 is 26.9 Å². The number of phenols is 1. The molecule has 4 rings (SSSR count). The van der Waals surface area contributed by atoms with Gasteiger partial charge in [-0.2, -0.15) is 0 Å². The summed E-state index contributed by atoms with van der Waals surface area (Å²) in [4.78, 5) is 14.4. The molecule has 0 spiro atoms. The highest BCUT2D eigenvalue weighted by Gasteiger charge is 2.21. The third kappa shape index (κ3) is 3.29. The molecular formula is C21H21BrNO3+. The first-order valence-corrected chi connectivity index (χ1v) is 9.78. The van der Waals surface area contributed by atoms with Crippen LogP contribution in [0.25, 0.3) is 22.1 Å². The van der Waals surface area contributed by atoms with E-state index in [1.165, 1.54) is 30.4 Å². The Morgan fingerprint density at radius 1 is 1.04 bits per heavy atom. The molecule has 1 aliphatic heterocycles. The number of quaternary nitrogens is 1. The van der Waals surface area contributed by atoms with Gasteiger partial charge in [0.2, 0.25) is 5.43 Å². The number of fused-ring (bicyclic) bond motifs is 1. The molecule has 0 aliphatic carbocycles. The summed E-state index contributed by atoms with van der Waals surface area (Å²) in [5.74, 6) is 0.204. The van der Waals surface area contributed by atoms with Crippen LogP contribution in [-0.4, -0.2) is 18.2 Å². The summed E-state index contributed by atoms with van der Waals surface area (Å²) in [7, 11) is 0. The van der Waals surface area contributed by atoms with Gasteiger partial charge in [0.25, 0.3) is 0 Å². The largest absolute Gasteiger partial charge is 0.507 e. The molecule has 0 atom stereocenters. The summed E-state index contributed by atoms with van der Waals surface area (Å²) in [6.45, 7) is 2.87. The van der Waals surface area contributed by atoms with Crippen LogP contribution in [0.4, 0.5) is 0 Å². The quantitative estimate of drug-likeness (QED) is 0.689. The molecule has 0 saturated carbocycles. The Kier molecular flexibility index (Phi) is 4.83. The molecule has 0 bridgehead atoms. The number of piperidine rings is 1. The maximum absolute atomic E-state index is 13.0. The fourth-order valence-electron chi connectivity index (χ4n) is 3.73. The molecule has 26 heavy (non-hydrogen) atoms. The second-order valence-corrected chi connectivity index (χ2v) is 7.83. The Balaban J connectivity index is 1.79. The number of benzene rings is 2. The van der Waals surface area contributed by atoms with Gasteiger partial charge in [0, 0.05) is 4.47 Å². The van der Waals surface area contributed by atoms with Crippen molar-refractivity contribution in [2.75, 3.05) is 13.1 Å². The lowest BCUT2D eigenvalue weighted by Gasteiger charge is -2.24. The van der Waals surface area contributed by atoms with Gasteiger partial charge < -0.3 is 14.4 Å². The van der Waals surface area contributed by atoms with E-state index < -0.39 is 0 Å². The molecule has 0 radical (unpaired) electrons. The van der Waals surface area contributed by atoms with Crippen LogP contribution in [0.1, 0.15) is 24.8 Å². The fraction of sp³-hybridized carbons (Fsp3) is 0.286. The second-order valence-electron chi connectivity index (χ2n) is 6.91. The highest BCUT2D eigenvalue weighted by atomic mass is 79.9. The fourth-order valence-corrected chi connectivity index (χ4v) is 3.99. The zero-order valence-electron chi connectivity index (χ0n) is 14.4. The van der Waals surface area contributed by atoms with Crippen molar-refractivity contribution in [1.82, 2.24) is 0 Å². The van der Waals surface area contributed by atoms with Crippen molar-refractivity contribution in [3.05, 3.63) is 62.9 Å². The van der Waals surface area contributed by atoms with Crippen LogP contribution in [0.15, 0.2) is 56.3 Å². The zero-order valence-corrected chi connectivity index (χ0v) is 16.0. The lowest BCUT2D eigenvalue weighted by atomic mass is 10.0. The molecule has 5 heteroatoms. The minimum Gasteiger partial charge on any atom is -0.507 e. The smallest absolute Gasteiger partial charge is 0.200 e. The Morgan fingerprint density at radius 2 is 1.77 bits per heavy atom. The van der Waals surface area contributed by atoms with Crippen molar-refractivity contribution in [3.63, 3.8) is 0 Å². The summed E-state index contributed by atoms with van der Waals surface area (Å²) in [5.41, 5.74) is 2.53. The van der Waals surface area contributed by atoms with Gasteiger partial charge in [-0.05, 0) is 49.1 Å². The van der Waals surface area contributed by atoms with Crippen LogP contribution < -0.4 is 10.3 Å². The van der Waals surface area contributed by atoms with Crippen molar-refractivity contribution in [3.8, 4) is 16.9 Å². The first-order valence-electron chi connectivity index (χ1n) is 8.99. The Labute approximate surface area is 160 Å². The van der Waals surface area contributed by atoms with Crippen LogP contribution in [0.2, 0.25) is 0 Å². The van der Waals surface area contributed by atoms with E-state index in [2.05, 4.69) is 15.9 Å². The van der Waals surface area contributed by atoms with Crippen LogP contribution in [0.3, 0.4) is 0 Å². The molecule has 2 aromatic carbocycles. The van der Waals surface area contributed by atoms with E-state index in [9.17, 15) is 9.90 Å². The maximum Gasteiger partial charge on any atom is 0.200 e. The highest BCUT2D eigenvalue weighted by Crippen LogP contribution is 2.28. The van der Waals surface area contributed by atoms with Crippen LogP contribution in [-0.2, 0) is 6.54 Å². The predicted octanol–water partition coefficient (Wildman–Crippen LogP) is 3.50. The molecule has 1 aromatic heterocycles. The maximum atomic E-state index is 13.0. The van der Waals surface area contributed by atoms with E-state index in [0.29, 0.717) is 23.1 Å². The van der Waals surface area contributed by atoms with Gasteiger partial charge in [-0.25, -0.2) is 0 Å². The number of halogens is 1. The summed E-state index contributed by atoms with van der Waals surface area (Å²) in [6, 6.07) is 10.9. The number of hydrogen-bond acceptors (Lipinski definition) is 3. The normalized spacial score (nSPS) is 15.4. The summed E-state index contributed by atoms with van der Waals surface area (Å²) in [5, 5.41) is 10.9. The number of aromatic hydroxyl groups is 1. The van der Waals surface area contributed by atoms with E-state index in [4.69, 9.17) is 4.42 Å². The molecule has 0 amide bonds. The van der Waals surface area contributed by atoms with Gasteiger partial charge in [-0.15, -0.1) is 0 Å². The predicted molar refractivity (Wildman–Crippen MR) is 106 cm³/mol. The molecule has 1 fully saturated rings. The lowest BCUT2D eigenvalue weighted by molar-refractivity contribution is -0.918. The van der Waals surface area contributed by atoms with Crippen molar-refractivity contribution in [1.29, 1.82) is 0 Å². The van der Waals surface area contributed by atoms with Crippen LogP contribution in [0.5, 0.6) is 5.75 Å². The van der Waals surface area contributed by atoms with E-state index in [0.717, 1.165) is 28.7 Å². The Hall–Kier alpha value is -2.11. The Bertz CT molecular complexity index is 989. The van der Waals surface area contributed by atoms with E-state index >= 15 is 0 Å². The average Bonchev–Trinajstić information content (AvgIpc) is 2.66. The molecule has 2 N–H and O–H groups in total. The number of rotatable bonds is 3. The van der Waals surface area contributed by atoms with Gasteiger partial charge in [0.05, 0.1) is 29.6 Å². The number of nitrogens with one attached hydrogen (secondary N) is 1. The van der Waals surface area contributed by atoms with Gasteiger partial charge >= 0.3 is 0 Å². The lowest BCUT2D eigenvalue weighted by Crippen LogP contribution is -3.11. The molecular weight excluding hydrogens is 394 g/mol. The van der Waals surface area contributed by atoms with Crippen molar-refractivity contribution < 1.29 is 14.4 Å². The molecule has 0 unspecified atom stereocenters. The van der Waals surface area contributed by atoms with E-state index in [-0.39, 0.29) is 11.2 Å². The second kappa shape index (κ2) is 7.25. The minimum atomic E-state index is -0.0662. The minimum absolute atomic E-state index is 0.0662. The molecule has 134 valence electrons. The first kappa shape index (κ1) is 17.3. The standard InChI is InChI=1S/C21H20BrNO3/c22-15-6-4-14(5-7-15)18-13-26-21-16(20(18)25)8-9-19(24)17(21)12-23-10-2-1-3-11-23/h4-9,13,24H,1-3,10-12H2/p+1. The van der Waals surface area contributed by atoms with E-state index in [1.807, 2.05) is 24.3 Å². The molecule has 1 saturated heterocycles. The summed E-state index contributed by atoms with van der Waals surface area (Å²) in [6.07, 6.45) is 5.20. The first-order chi connectivity index (χ1) is 12.6. The number of likely N-dealkylation sites (tertiary alicyclic amines) is 1. The topological polar surface area (TPSA) is 54.9 Å². The number of hydrogen-bond donors (Lipinski definition) is 2. The number of phenolic OH excluding ortho intramolecular Hbond substituents is 1. The molecule has 4 nitrogen and oxygen atoms in total. The van der Waals surface area contributed by atoms with Gasteiger partial charge in [0.1, 0.15) is 24.1 Å². The third-order valence-corrected chi connectivity index (χ3v) is 5.69. The van der Waals surface area contributed by atoms with Gasteiger partial charge in [-0.1, -0.05) is 28.1 Å². The zero-order chi connectivity index (χ0) is 18.1.